The molecule has 0 aliphatic carbocycles. The van der Waals surface area contributed by atoms with Crippen LogP contribution >= 0.6 is 15.9 Å². The molecule has 0 saturated heterocycles. The number of halogens is 3. The van der Waals surface area contributed by atoms with Gasteiger partial charge in [-0.25, -0.2) is 8.78 Å². The summed E-state index contributed by atoms with van der Waals surface area (Å²) in [6.07, 6.45) is 4.92. The highest BCUT2D eigenvalue weighted by Gasteiger charge is 2.09. The summed E-state index contributed by atoms with van der Waals surface area (Å²) in [5.41, 5.74) is 0. The Kier molecular flexibility index (Phi) is 3.26. The first-order valence-corrected chi connectivity index (χ1v) is 4.15. The minimum Gasteiger partial charge on any atom is -0.480 e. The molecule has 0 fully saturated rings. The van der Waals surface area contributed by atoms with Crippen LogP contribution in [0.3, 0.4) is 0 Å². The molecule has 1 aromatic carbocycles. The van der Waals surface area contributed by atoms with Crippen LogP contribution in [0.15, 0.2) is 16.6 Å². The molecule has 4 heteroatoms. The van der Waals surface area contributed by atoms with Crippen molar-refractivity contribution < 1.29 is 13.5 Å². The normalized spacial score (nSPS) is 9.38. The van der Waals surface area contributed by atoms with E-state index < -0.39 is 11.6 Å². The summed E-state index contributed by atoms with van der Waals surface area (Å²) in [4.78, 5) is 0. The SMILES string of the molecule is C#CCOc1cc(F)cc(F)c1Br. The molecule has 0 heterocycles. The zero-order valence-electron chi connectivity index (χ0n) is 6.48. The third-order valence-electron chi connectivity index (χ3n) is 1.27. The molecule has 0 saturated carbocycles. The Morgan fingerprint density at radius 3 is 2.77 bits per heavy atom. The highest BCUT2D eigenvalue weighted by Crippen LogP contribution is 2.28. The molecule has 0 aromatic heterocycles. The maximum Gasteiger partial charge on any atom is 0.148 e. The van der Waals surface area contributed by atoms with E-state index in [1.165, 1.54) is 0 Å². The van der Waals surface area contributed by atoms with E-state index in [0.29, 0.717) is 0 Å². The maximum absolute atomic E-state index is 12.8. The van der Waals surface area contributed by atoms with E-state index in [2.05, 4.69) is 21.9 Å². The van der Waals surface area contributed by atoms with Crippen molar-refractivity contribution in [3.8, 4) is 18.1 Å². The topological polar surface area (TPSA) is 9.23 Å². The summed E-state index contributed by atoms with van der Waals surface area (Å²) in [6, 6.07) is 1.82. The van der Waals surface area contributed by atoms with E-state index in [0.717, 1.165) is 12.1 Å². The first kappa shape index (κ1) is 10.0. The summed E-state index contributed by atoms with van der Waals surface area (Å²) in [6.45, 7) is -0.0263. The van der Waals surface area contributed by atoms with Crippen molar-refractivity contribution in [3.05, 3.63) is 28.2 Å². The second-order valence-corrected chi connectivity index (χ2v) is 2.99. The van der Waals surface area contributed by atoms with Crippen LogP contribution in [0.4, 0.5) is 8.78 Å². The molecule has 13 heavy (non-hydrogen) atoms. The third kappa shape index (κ3) is 2.43. The Hall–Kier alpha value is -1.08. The van der Waals surface area contributed by atoms with Gasteiger partial charge in [-0.05, 0) is 15.9 Å². The van der Waals surface area contributed by atoms with Gasteiger partial charge in [0.15, 0.2) is 0 Å². The fraction of sp³-hybridized carbons (Fsp3) is 0.111. The van der Waals surface area contributed by atoms with Crippen LogP contribution in [0.5, 0.6) is 5.75 Å². The fourth-order valence-corrected chi connectivity index (χ4v) is 1.10. The fourth-order valence-electron chi connectivity index (χ4n) is 0.757. The van der Waals surface area contributed by atoms with Gasteiger partial charge in [0.2, 0.25) is 0 Å². The van der Waals surface area contributed by atoms with E-state index >= 15 is 0 Å². The quantitative estimate of drug-likeness (QED) is 0.576. The van der Waals surface area contributed by atoms with Gasteiger partial charge in [-0.3, -0.25) is 0 Å². The van der Waals surface area contributed by atoms with Gasteiger partial charge in [0.25, 0.3) is 0 Å². The summed E-state index contributed by atoms with van der Waals surface area (Å²) in [5, 5.41) is 0. The standard InChI is InChI=1S/C9H5BrF2O/c1-2-3-13-8-5-6(11)4-7(12)9(8)10/h1,4-5H,3H2. The first-order valence-electron chi connectivity index (χ1n) is 3.36. The Labute approximate surface area is 82.8 Å². The molecule has 0 aliphatic rings. The lowest BCUT2D eigenvalue weighted by Gasteiger charge is -2.05. The van der Waals surface area contributed by atoms with Crippen molar-refractivity contribution in [3.63, 3.8) is 0 Å². The van der Waals surface area contributed by atoms with Crippen LogP contribution in [0.2, 0.25) is 0 Å². The zero-order valence-corrected chi connectivity index (χ0v) is 8.07. The number of benzene rings is 1. The predicted octanol–water partition coefficient (Wildman–Crippen LogP) is 2.74. The predicted molar refractivity (Wildman–Crippen MR) is 48.4 cm³/mol. The number of ether oxygens (including phenoxy) is 1. The minimum absolute atomic E-state index is 0.0263. The highest BCUT2D eigenvalue weighted by atomic mass is 79.9. The summed E-state index contributed by atoms with van der Waals surface area (Å²) < 4.78 is 30.4. The van der Waals surface area contributed by atoms with Gasteiger partial charge in [0, 0.05) is 12.1 Å². The minimum atomic E-state index is -0.716. The lowest BCUT2D eigenvalue weighted by molar-refractivity contribution is 0.361. The molecule has 0 radical (unpaired) electrons. The second-order valence-electron chi connectivity index (χ2n) is 2.19. The monoisotopic (exact) mass is 246 g/mol. The smallest absolute Gasteiger partial charge is 0.148 e. The molecule has 1 aromatic rings. The highest BCUT2D eigenvalue weighted by molar-refractivity contribution is 9.10. The molecule has 0 bridgehead atoms. The molecule has 0 N–H and O–H groups in total. The van der Waals surface area contributed by atoms with E-state index in [9.17, 15) is 8.78 Å². The largest absolute Gasteiger partial charge is 0.480 e. The van der Waals surface area contributed by atoms with Crippen LogP contribution in [-0.4, -0.2) is 6.61 Å². The molecule has 68 valence electrons. The van der Waals surface area contributed by atoms with Gasteiger partial charge in [0.1, 0.15) is 24.0 Å². The van der Waals surface area contributed by atoms with Crippen molar-refractivity contribution in [2.75, 3.05) is 6.61 Å². The number of rotatable bonds is 2. The Balaban J connectivity index is 3.00. The van der Waals surface area contributed by atoms with E-state index in [1.54, 1.807) is 0 Å². The first-order chi connectivity index (χ1) is 6.15. The van der Waals surface area contributed by atoms with E-state index in [-0.39, 0.29) is 16.8 Å². The molecule has 0 aliphatic heterocycles. The van der Waals surface area contributed by atoms with Crippen molar-refractivity contribution in [2.45, 2.75) is 0 Å². The second kappa shape index (κ2) is 4.24. The third-order valence-corrected chi connectivity index (χ3v) is 2.04. The summed E-state index contributed by atoms with van der Waals surface area (Å²) in [5.74, 6) is 0.843. The molecule has 0 amide bonds. The van der Waals surface area contributed by atoms with Crippen molar-refractivity contribution in [1.82, 2.24) is 0 Å². The molecule has 1 nitrogen and oxygen atoms in total. The van der Waals surface area contributed by atoms with Crippen LogP contribution in [0.25, 0.3) is 0 Å². The Morgan fingerprint density at radius 2 is 2.15 bits per heavy atom. The van der Waals surface area contributed by atoms with Crippen molar-refractivity contribution in [1.29, 1.82) is 0 Å². The van der Waals surface area contributed by atoms with Gasteiger partial charge in [-0.2, -0.15) is 0 Å². The summed E-state index contributed by atoms with van der Waals surface area (Å²) >= 11 is 2.91. The molecule has 0 atom stereocenters. The van der Waals surface area contributed by atoms with Gasteiger partial charge in [-0.1, -0.05) is 5.92 Å². The number of hydrogen-bond acceptors (Lipinski definition) is 1. The van der Waals surface area contributed by atoms with E-state index in [1.807, 2.05) is 0 Å². The molecule has 0 unspecified atom stereocenters. The Bertz CT molecular complexity index is 357. The molecule has 0 spiro atoms. The summed E-state index contributed by atoms with van der Waals surface area (Å²) in [7, 11) is 0. The van der Waals surface area contributed by atoms with Crippen LogP contribution in [0, 0.1) is 24.0 Å². The zero-order chi connectivity index (χ0) is 9.84. The molecular formula is C9H5BrF2O. The van der Waals surface area contributed by atoms with Gasteiger partial charge >= 0.3 is 0 Å². The molecular weight excluding hydrogens is 242 g/mol. The van der Waals surface area contributed by atoms with Gasteiger partial charge in [-0.15, -0.1) is 6.42 Å². The van der Waals surface area contributed by atoms with Crippen molar-refractivity contribution >= 4 is 15.9 Å². The van der Waals surface area contributed by atoms with Gasteiger partial charge < -0.3 is 4.74 Å². The Morgan fingerprint density at radius 1 is 1.46 bits per heavy atom. The lowest BCUT2D eigenvalue weighted by Crippen LogP contribution is -1.96. The maximum atomic E-state index is 12.8. The van der Waals surface area contributed by atoms with E-state index in [4.69, 9.17) is 11.2 Å². The van der Waals surface area contributed by atoms with Crippen LogP contribution in [0.1, 0.15) is 0 Å². The van der Waals surface area contributed by atoms with Gasteiger partial charge in [0.05, 0.1) is 4.47 Å². The van der Waals surface area contributed by atoms with Crippen molar-refractivity contribution in [2.24, 2.45) is 0 Å². The molecule has 1 rings (SSSR count). The van der Waals surface area contributed by atoms with Crippen LogP contribution in [-0.2, 0) is 0 Å². The lowest BCUT2D eigenvalue weighted by atomic mass is 10.3. The number of hydrogen-bond donors (Lipinski definition) is 0. The van der Waals surface area contributed by atoms with Crippen LogP contribution < -0.4 is 4.74 Å². The average molecular weight is 247 g/mol. The number of terminal acetylenes is 1. The average Bonchev–Trinajstić information content (AvgIpc) is 2.09.